The number of nitrogens with zero attached hydrogens (tertiary/aromatic N) is 1. The molecule has 1 unspecified atom stereocenters. The molecule has 2 heterocycles. The van der Waals surface area contributed by atoms with E-state index < -0.39 is 0 Å². The first kappa shape index (κ1) is 14.0. The molecule has 2 aromatic rings. The quantitative estimate of drug-likeness (QED) is 0.917. The molecule has 0 bridgehead atoms. The molecule has 19 heavy (non-hydrogen) atoms. The standard InChI is InChI=1S/C15H20N2OS/c1-15(2,3)12-8-7-10(14(18)17(12)4)13(16)11-6-5-9-19-11/h5-9,13H,16H2,1-4H3. The molecule has 0 aliphatic carbocycles. The van der Waals surface area contributed by atoms with Crippen LogP contribution in [-0.4, -0.2) is 4.57 Å². The third kappa shape index (κ3) is 2.65. The number of aromatic nitrogens is 1. The largest absolute Gasteiger partial charge is 0.319 e. The molecule has 0 fully saturated rings. The number of hydrogen-bond donors (Lipinski definition) is 1. The number of rotatable bonds is 2. The lowest BCUT2D eigenvalue weighted by molar-refractivity contribution is 0.528. The summed E-state index contributed by atoms with van der Waals surface area (Å²) in [6, 6.07) is 7.45. The molecular weight excluding hydrogens is 256 g/mol. The van der Waals surface area contributed by atoms with E-state index in [1.165, 1.54) is 0 Å². The fraction of sp³-hybridized carbons (Fsp3) is 0.400. The molecule has 2 N–H and O–H groups in total. The summed E-state index contributed by atoms with van der Waals surface area (Å²) in [4.78, 5) is 13.5. The van der Waals surface area contributed by atoms with Gasteiger partial charge in [0.05, 0.1) is 6.04 Å². The van der Waals surface area contributed by atoms with Gasteiger partial charge in [0.15, 0.2) is 0 Å². The number of thiophene rings is 1. The van der Waals surface area contributed by atoms with Crippen LogP contribution in [0.15, 0.2) is 34.4 Å². The maximum Gasteiger partial charge on any atom is 0.255 e. The summed E-state index contributed by atoms with van der Waals surface area (Å²) in [7, 11) is 1.81. The molecule has 0 aromatic carbocycles. The second-order valence-electron chi connectivity index (χ2n) is 5.78. The first-order valence-corrected chi connectivity index (χ1v) is 7.19. The maximum atomic E-state index is 12.5. The van der Waals surface area contributed by atoms with E-state index in [0.717, 1.165) is 10.6 Å². The van der Waals surface area contributed by atoms with Gasteiger partial charge in [0.2, 0.25) is 0 Å². The zero-order chi connectivity index (χ0) is 14.2. The van der Waals surface area contributed by atoms with Gasteiger partial charge in [-0.25, -0.2) is 0 Å². The summed E-state index contributed by atoms with van der Waals surface area (Å²) in [5.41, 5.74) is 7.79. The van der Waals surface area contributed by atoms with Gasteiger partial charge >= 0.3 is 0 Å². The van der Waals surface area contributed by atoms with Crippen molar-refractivity contribution in [3.05, 3.63) is 56.1 Å². The zero-order valence-corrected chi connectivity index (χ0v) is 12.6. The Balaban J connectivity index is 2.51. The van der Waals surface area contributed by atoms with Crippen LogP contribution in [-0.2, 0) is 12.5 Å². The predicted molar refractivity (Wildman–Crippen MR) is 80.7 cm³/mol. The summed E-state index contributed by atoms with van der Waals surface area (Å²) in [6.45, 7) is 6.29. The molecule has 4 heteroatoms. The summed E-state index contributed by atoms with van der Waals surface area (Å²) >= 11 is 1.58. The highest BCUT2D eigenvalue weighted by molar-refractivity contribution is 7.10. The summed E-state index contributed by atoms with van der Waals surface area (Å²) in [5, 5.41) is 1.98. The van der Waals surface area contributed by atoms with Crippen molar-refractivity contribution in [1.29, 1.82) is 0 Å². The summed E-state index contributed by atoms with van der Waals surface area (Å²) in [6.07, 6.45) is 0. The highest BCUT2D eigenvalue weighted by Crippen LogP contribution is 2.24. The molecule has 0 amide bonds. The minimum atomic E-state index is -0.340. The van der Waals surface area contributed by atoms with Crippen LogP contribution in [0.5, 0.6) is 0 Å². The Morgan fingerprint density at radius 3 is 2.47 bits per heavy atom. The van der Waals surface area contributed by atoms with E-state index in [0.29, 0.717) is 5.56 Å². The first-order valence-electron chi connectivity index (χ1n) is 6.32. The Bertz CT molecular complexity index is 621. The lowest BCUT2D eigenvalue weighted by Crippen LogP contribution is -2.32. The molecule has 1 atom stereocenters. The monoisotopic (exact) mass is 276 g/mol. The number of nitrogens with two attached hydrogens (primary N) is 1. The van der Waals surface area contributed by atoms with Gasteiger partial charge in [0.25, 0.3) is 5.56 Å². The van der Waals surface area contributed by atoms with E-state index in [1.54, 1.807) is 15.9 Å². The molecule has 0 saturated heterocycles. The average Bonchev–Trinajstić information content (AvgIpc) is 2.83. The van der Waals surface area contributed by atoms with Gasteiger partial charge in [-0.2, -0.15) is 0 Å². The minimum absolute atomic E-state index is 0.00618. The van der Waals surface area contributed by atoms with Crippen LogP contribution in [0, 0.1) is 0 Å². The fourth-order valence-corrected chi connectivity index (χ4v) is 3.01. The second-order valence-corrected chi connectivity index (χ2v) is 6.76. The van der Waals surface area contributed by atoms with E-state index in [-0.39, 0.29) is 17.0 Å². The normalized spacial score (nSPS) is 13.5. The topological polar surface area (TPSA) is 48.0 Å². The number of hydrogen-bond acceptors (Lipinski definition) is 3. The van der Waals surface area contributed by atoms with Crippen molar-refractivity contribution in [2.45, 2.75) is 32.2 Å². The predicted octanol–water partition coefficient (Wildman–Crippen LogP) is 2.79. The third-order valence-corrected chi connectivity index (χ3v) is 4.24. The van der Waals surface area contributed by atoms with Gasteiger partial charge in [-0.3, -0.25) is 4.79 Å². The Hall–Kier alpha value is -1.39. The fourth-order valence-electron chi connectivity index (χ4n) is 2.27. The van der Waals surface area contributed by atoms with Crippen LogP contribution in [0.3, 0.4) is 0 Å². The van der Waals surface area contributed by atoms with Gasteiger partial charge in [-0.15, -0.1) is 11.3 Å². The van der Waals surface area contributed by atoms with Gasteiger partial charge < -0.3 is 10.3 Å². The average molecular weight is 276 g/mol. The SMILES string of the molecule is Cn1c(C(C)(C)C)ccc(C(N)c2cccs2)c1=O. The van der Waals surface area contributed by atoms with Crippen molar-refractivity contribution in [3.63, 3.8) is 0 Å². The Morgan fingerprint density at radius 1 is 1.26 bits per heavy atom. The lowest BCUT2D eigenvalue weighted by Gasteiger charge is -2.23. The summed E-state index contributed by atoms with van der Waals surface area (Å²) < 4.78 is 1.71. The van der Waals surface area contributed by atoms with Crippen LogP contribution >= 0.6 is 11.3 Å². The second kappa shape index (κ2) is 4.94. The smallest absolute Gasteiger partial charge is 0.255 e. The molecule has 3 nitrogen and oxygen atoms in total. The van der Waals surface area contributed by atoms with E-state index in [1.807, 2.05) is 36.7 Å². The van der Waals surface area contributed by atoms with Crippen molar-refractivity contribution >= 4 is 11.3 Å². The van der Waals surface area contributed by atoms with Crippen LogP contribution in [0.2, 0.25) is 0 Å². The van der Waals surface area contributed by atoms with Crippen molar-refractivity contribution in [2.24, 2.45) is 12.8 Å². The minimum Gasteiger partial charge on any atom is -0.319 e. The molecule has 0 radical (unpaired) electrons. The first-order chi connectivity index (χ1) is 8.82. The Kier molecular flexibility index (Phi) is 3.65. The Morgan fingerprint density at radius 2 is 1.95 bits per heavy atom. The number of pyridine rings is 1. The van der Waals surface area contributed by atoms with Gasteiger partial charge in [-0.05, 0) is 23.6 Å². The van der Waals surface area contributed by atoms with E-state index in [4.69, 9.17) is 5.73 Å². The van der Waals surface area contributed by atoms with E-state index in [2.05, 4.69) is 20.8 Å². The molecule has 102 valence electrons. The lowest BCUT2D eigenvalue weighted by atomic mass is 9.90. The van der Waals surface area contributed by atoms with Crippen LogP contribution in [0.4, 0.5) is 0 Å². The zero-order valence-electron chi connectivity index (χ0n) is 11.8. The highest BCUT2D eigenvalue weighted by atomic mass is 32.1. The van der Waals surface area contributed by atoms with Crippen molar-refractivity contribution in [1.82, 2.24) is 4.57 Å². The van der Waals surface area contributed by atoms with E-state index in [9.17, 15) is 4.79 Å². The molecule has 2 aromatic heterocycles. The third-order valence-electron chi connectivity index (χ3n) is 3.29. The van der Waals surface area contributed by atoms with E-state index >= 15 is 0 Å². The molecule has 2 rings (SSSR count). The van der Waals surface area contributed by atoms with Crippen molar-refractivity contribution in [2.75, 3.05) is 0 Å². The molecule has 0 spiro atoms. The Labute approximate surface area is 117 Å². The van der Waals surface area contributed by atoms with Gasteiger partial charge in [0, 0.05) is 28.6 Å². The van der Waals surface area contributed by atoms with Crippen LogP contribution in [0.25, 0.3) is 0 Å². The highest BCUT2D eigenvalue weighted by Gasteiger charge is 2.21. The molecule has 0 saturated carbocycles. The van der Waals surface area contributed by atoms with Crippen LogP contribution in [0.1, 0.15) is 42.9 Å². The van der Waals surface area contributed by atoms with Crippen LogP contribution < -0.4 is 11.3 Å². The van der Waals surface area contributed by atoms with Crippen molar-refractivity contribution in [3.8, 4) is 0 Å². The van der Waals surface area contributed by atoms with Gasteiger partial charge in [-0.1, -0.05) is 26.8 Å². The van der Waals surface area contributed by atoms with Gasteiger partial charge in [0.1, 0.15) is 0 Å². The summed E-state index contributed by atoms with van der Waals surface area (Å²) in [5.74, 6) is 0. The van der Waals surface area contributed by atoms with Crippen molar-refractivity contribution < 1.29 is 0 Å². The molecule has 0 aliphatic heterocycles. The molecular formula is C15H20N2OS. The maximum absolute atomic E-state index is 12.5. The molecule has 0 aliphatic rings.